The smallest absolute Gasteiger partial charge is 0.332 e. The van der Waals surface area contributed by atoms with Gasteiger partial charge < -0.3 is 10.5 Å². The minimum absolute atomic E-state index is 0.0434. The van der Waals surface area contributed by atoms with Crippen molar-refractivity contribution in [3.63, 3.8) is 0 Å². The lowest BCUT2D eigenvalue weighted by atomic mass is 10.3. The van der Waals surface area contributed by atoms with Crippen LogP contribution in [-0.2, 0) is 4.74 Å². The van der Waals surface area contributed by atoms with Crippen LogP contribution >= 0.6 is 0 Å². The normalized spacial score (nSPS) is 24.2. The van der Waals surface area contributed by atoms with Gasteiger partial charge >= 0.3 is 6.03 Å². The highest BCUT2D eigenvalue weighted by molar-refractivity contribution is 5.73. The Labute approximate surface area is 64.6 Å². The average molecular weight is 157 g/mol. The molecule has 0 saturated carbocycles. The molecule has 1 aliphatic rings. The van der Waals surface area contributed by atoms with Crippen LogP contribution in [0.25, 0.3) is 0 Å². The van der Waals surface area contributed by atoms with Crippen molar-refractivity contribution in [3.05, 3.63) is 0 Å². The number of hydrogen-bond donors (Lipinski definition) is 2. The first kappa shape index (κ1) is 8.00. The fraction of sp³-hybridized carbons (Fsp3) is 0.667. The number of hydrazone groups is 1. The van der Waals surface area contributed by atoms with Gasteiger partial charge in [-0.1, -0.05) is 0 Å². The number of urea groups is 1. The van der Waals surface area contributed by atoms with E-state index in [9.17, 15) is 4.79 Å². The number of carbonyl (C=O) groups is 1. The molecule has 11 heavy (non-hydrogen) atoms. The van der Waals surface area contributed by atoms with E-state index in [4.69, 9.17) is 10.5 Å². The average Bonchev–Trinajstić information content (AvgIpc) is 2.39. The Morgan fingerprint density at radius 3 is 3.18 bits per heavy atom. The lowest BCUT2D eigenvalue weighted by Crippen LogP contribution is -2.25. The second-order valence-corrected chi connectivity index (χ2v) is 2.31. The molecule has 0 aromatic heterocycles. The molecule has 1 saturated heterocycles. The molecular formula is C6H11N3O2. The second-order valence-electron chi connectivity index (χ2n) is 2.31. The second kappa shape index (κ2) is 3.92. The number of nitrogens with zero attached hydrogens (tertiary/aromatic N) is 1. The zero-order valence-electron chi connectivity index (χ0n) is 6.12. The van der Waals surface area contributed by atoms with Crippen LogP contribution in [0.5, 0.6) is 0 Å². The van der Waals surface area contributed by atoms with Gasteiger partial charge in [-0.05, 0) is 12.8 Å². The lowest BCUT2D eigenvalue weighted by molar-refractivity contribution is 0.161. The number of rotatable bonds is 2. The Morgan fingerprint density at radius 1 is 1.82 bits per heavy atom. The van der Waals surface area contributed by atoms with E-state index in [1.807, 2.05) is 0 Å². The number of primary amides is 1. The molecule has 3 N–H and O–H groups in total. The van der Waals surface area contributed by atoms with E-state index in [1.54, 1.807) is 6.21 Å². The first-order valence-electron chi connectivity index (χ1n) is 3.49. The number of ether oxygens (including phenoxy) is 1. The van der Waals surface area contributed by atoms with Crippen LogP contribution in [0.15, 0.2) is 5.10 Å². The number of hydrogen-bond acceptors (Lipinski definition) is 3. The first-order valence-corrected chi connectivity index (χ1v) is 3.49. The van der Waals surface area contributed by atoms with Crippen LogP contribution in [0.2, 0.25) is 0 Å². The summed E-state index contributed by atoms with van der Waals surface area (Å²) in [5, 5.41) is 3.58. The van der Waals surface area contributed by atoms with E-state index in [0.717, 1.165) is 19.4 Å². The highest BCUT2D eigenvalue weighted by Gasteiger charge is 2.12. The minimum Gasteiger partial charge on any atom is -0.372 e. The summed E-state index contributed by atoms with van der Waals surface area (Å²) in [4.78, 5) is 10.1. The Balaban J connectivity index is 2.17. The molecule has 0 aliphatic carbocycles. The molecule has 0 bridgehead atoms. The summed E-state index contributed by atoms with van der Waals surface area (Å²) in [6.45, 7) is 0.771. The van der Waals surface area contributed by atoms with Crippen molar-refractivity contribution in [2.75, 3.05) is 6.61 Å². The summed E-state index contributed by atoms with van der Waals surface area (Å²) < 4.78 is 5.19. The third kappa shape index (κ3) is 2.99. The van der Waals surface area contributed by atoms with E-state index < -0.39 is 6.03 Å². The van der Waals surface area contributed by atoms with Crippen molar-refractivity contribution in [1.29, 1.82) is 0 Å². The van der Waals surface area contributed by atoms with Gasteiger partial charge in [-0.2, -0.15) is 5.10 Å². The van der Waals surface area contributed by atoms with Crippen LogP contribution in [0.1, 0.15) is 12.8 Å². The molecule has 5 heteroatoms. The molecule has 0 aromatic rings. The summed E-state index contributed by atoms with van der Waals surface area (Å²) in [6, 6.07) is -0.653. The number of nitrogens with two attached hydrogens (primary N) is 1. The molecule has 2 amide bonds. The van der Waals surface area contributed by atoms with Crippen molar-refractivity contribution in [2.45, 2.75) is 18.9 Å². The molecule has 1 rings (SSSR count). The van der Waals surface area contributed by atoms with Gasteiger partial charge in [0.2, 0.25) is 0 Å². The number of carbonyl (C=O) groups excluding carboxylic acids is 1. The van der Waals surface area contributed by atoms with Crippen molar-refractivity contribution in [2.24, 2.45) is 10.8 Å². The molecule has 1 fully saturated rings. The minimum atomic E-state index is -0.653. The van der Waals surface area contributed by atoms with Crippen molar-refractivity contribution >= 4 is 12.2 Å². The van der Waals surface area contributed by atoms with Gasteiger partial charge in [0.05, 0.1) is 12.3 Å². The van der Waals surface area contributed by atoms with E-state index in [0.29, 0.717) is 0 Å². The standard InChI is InChI=1S/C6H11N3O2/c7-6(10)9-8-4-5-2-1-3-11-5/h4-5H,1-3H2,(H3,7,9,10). The van der Waals surface area contributed by atoms with E-state index in [1.165, 1.54) is 0 Å². The highest BCUT2D eigenvalue weighted by Crippen LogP contribution is 2.08. The van der Waals surface area contributed by atoms with E-state index >= 15 is 0 Å². The van der Waals surface area contributed by atoms with Gasteiger partial charge in [-0.15, -0.1) is 0 Å². The summed E-state index contributed by atoms with van der Waals surface area (Å²) in [6.07, 6.45) is 3.61. The fourth-order valence-corrected chi connectivity index (χ4v) is 0.904. The largest absolute Gasteiger partial charge is 0.372 e. The van der Waals surface area contributed by atoms with E-state index in [2.05, 4.69) is 10.5 Å². The molecule has 1 atom stereocenters. The van der Waals surface area contributed by atoms with Gasteiger partial charge in [-0.25, -0.2) is 10.2 Å². The summed E-state index contributed by atoms with van der Waals surface area (Å²) >= 11 is 0. The molecule has 1 aliphatic heterocycles. The Hall–Kier alpha value is -1.10. The van der Waals surface area contributed by atoms with Gasteiger partial charge in [0.25, 0.3) is 0 Å². The quantitative estimate of drug-likeness (QED) is 0.431. The van der Waals surface area contributed by atoms with Gasteiger partial charge in [-0.3, -0.25) is 0 Å². The lowest BCUT2D eigenvalue weighted by Gasteiger charge is -1.99. The third-order valence-electron chi connectivity index (χ3n) is 1.38. The van der Waals surface area contributed by atoms with Crippen molar-refractivity contribution in [1.82, 2.24) is 5.43 Å². The maximum atomic E-state index is 10.1. The Kier molecular flexibility index (Phi) is 2.85. The number of nitrogens with one attached hydrogen (secondary N) is 1. The molecular weight excluding hydrogens is 146 g/mol. The molecule has 0 radical (unpaired) electrons. The van der Waals surface area contributed by atoms with E-state index in [-0.39, 0.29) is 6.10 Å². The van der Waals surface area contributed by atoms with Gasteiger partial charge in [0, 0.05) is 6.61 Å². The van der Waals surface area contributed by atoms with Crippen LogP contribution in [0.3, 0.4) is 0 Å². The molecule has 62 valence electrons. The topological polar surface area (TPSA) is 76.7 Å². The zero-order chi connectivity index (χ0) is 8.10. The van der Waals surface area contributed by atoms with Gasteiger partial charge in [0.1, 0.15) is 0 Å². The Bertz CT molecular complexity index is 163. The molecule has 0 spiro atoms. The summed E-state index contributed by atoms with van der Waals surface area (Å²) in [7, 11) is 0. The first-order chi connectivity index (χ1) is 5.29. The number of amides is 2. The molecule has 5 nitrogen and oxygen atoms in total. The maximum Gasteiger partial charge on any atom is 0.332 e. The SMILES string of the molecule is NC(=O)NN=CC1CCCO1. The maximum absolute atomic E-state index is 10.1. The summed E-state index contributed by atoms with van der Waals surface area (Å²) in [5.41, 5.74) is 6.87. The fourth-order valence-electron chi connectivity index (χ4n) is 0.904. The molecule has 1 unspecified atom stereocenters. The molecule has 0 aromatic carbocycles. The monoisotopic (exact) mass is 157 g/mol. The van der Waals surface area contributed by atoms with Gasteiger partial charge in [0.15, 0.2) is 0 Å². The van der Waals surface area contributed by atoms with Crippen LogP contribution in [0, 0.1) is 0 Å². The summed E-state index contributed by atoms with van der Waals surface area (Å²) in [5.74, 6) is 0. The predicted octanol–water partition coefficient (Wildman–Crippen LogP) is -0.181. The van der Waals surface area contributed by atoms with Crippen LogP contribution in [0.4, 0.5) is 4.79 Å². The van der Waals surface area contributed by atoms with Crippen LogP contribution < -0.4 is 11.2 Å². The van der Waals surface area contributed by atoms with Crippen molar-refractivity contribution < 1.29 is 9.53 Å². The van der Waals surface area contributed by atoms with Crippen molar-refractivity contribution in [3.8, 4) is 0 Å². The highest BCUT2D eigenvalue weighted by atomic mass is 16.5. The Morgan fingerprint density at radius 2 is 2.64 bits per heavy atom. The third-order valence-corrected chi connectivity index (χ3v) is 1.38. The zero-order valence-corrected chi connectivity index (χ0v) is 6.12. The predicted molar refractivity (Wildman–Crippen MR) is 40.2 cm³/mol. The molecule has 1 heterocycles. The van der Waals surface area contributed by atoms with Crippen LogP contribution in [-0.4, -0.2) is 25.0 Å².